The molecule has 5 fully saturated rings. The summed E-state index contributed by atoms with van der Waals surface area (Å²) in [5.41, 5.74) is -0.0501. The van der Waals surface area contributed by atoms with Crippen molar-refractivity contribution in [3.63, 3.8) is 0 Å². The van der Waals surface area contributed by atoms with Gasteiger partial charge in [-0.2, -0.15) is 0 Å². The summed E-state index contributed by atoms with van der Waals surface area (Å²) in [5.74, 6) is 2.44. The highest BCUT2D eigenvalue weighted by atomic mass is 16.3. The number of carbonyl (C=O) groups is 2. The van der Waals surface area contributed by atoms with Crippen LogP contribution in [-0.2, 0) is 9.59 Å². The Bertz CT molecular complexity index is 673. The van der Waals surface area contributed by atoms with Crippen LogP contribution in [0.25, 0.3) is 0 Å². The number of aliphatic hydroxyl groups is 1. The Morgan fingerprint density at radius 3 is 2.59 bits per heavy atom. The maximum absolute atomic E-state index is 13.7. The summed E-state index contributed by atoms with van der Waals surface area (Å²) in [6.07, 6.45) is 11.7. The van der Waals surface area contributed by atoms with Gasteiger partial charge in [0.1, 0.15) is 11.6 Å². The maximum atomic E-state index is 13.7. The quantitative estimate of drug-likeness (QED) is 0.736. The molecule has 29 heavy (non-hydrogen) atoms. The molecule has 0 radical (unpaired) electrons. The van der Waals surface area contributed by atoms with Gasteiger partial charge in [0.25, 0.3) is 0 Å². The lowest BCUT2D eigenvalue weighted by atomic mass is 9.42. The molecule has 0 aromatic carbocycles. The van der Waals surface area contributed by atoms with E-state index in [1.54, 1.807) is 0 Å². The Balaban J connectivity index is 1.43. The summed E-state index contributed by atoms with van der Waals surface area (Å²) in [4.78, 5) is 26.9. The number of Topliss-reactive ketones (excluding diaryl/α,β-unsaturated/α-hetero) is 2. The van der Waals surface area contributed by atoms with Gasteiger partial charge < -0.3 is 10.4 Å². The monoisotopic (exact) mass is 401 g/mol. The molecular formula is C25H39NO3. The minimum atomic E-state index is -0.230. The molecule has 2 N–H and O–H groups in total. The van der Waals surface area contributed by atoms with Crippen molar-refractivity contribution < 1.29 is 14.7 Å². The number of rotatable bonds is 5. The van der Waals surface area contributed by atoms with Crippen molar-refractivity contribution in [2.75, 3.05) is 19.7 Å². The Kier molecular flexibility index (Phi) is 5.18. The van der Waals surface area contributed by atoms with E-state index in [1.165, 1.54) is 25.7 Å². The van der Waals surface area contributed by atoms with Crippen LogP contribution < -0.4 is 5.32 Å². The standard InChI is InChI=1S/C25H39NO3/c1-24-10-3-2-6-18(24)17(15-27)23(29)22-19(24)9-12-25(20(22)7-8-21(25)28)11-4-5-16-13-26-14-16/h16-20,22,26-27H,2-15H2,1H3/t17-,18?,19+,20+,22-,24+,25+/m1/s1. The average molecular weight is 402 g/mol. The molecule has 5 rings (SSSR count). The number of hydrogen-bond donors (Lipinski definition) is 2. The van der Waals surface area contributed by atoms with Gasteiger partial charge >= 0.3 is 0 Å². The topological polar surface area (TPSA) is 66.4 Å². The number of carbonyl (C=O) groups excluding carboxylic acids is 2. The molecule has 0 aromatic heterocycles. The lowest BCUT2D eigenvalue weighted by Crippen LogP contribution is -2.60. The van der Waals surface area contributed by atoms with E-state index in [0.29, 0.717) is 29.8 Å². The molecule has 4 aliphatic carbocycles. The van der Waals surface area contributed by atoms with Crippen molar-refractivity contribution in [3.8, 4) is 0 Å². The normalized spacial score (nSPS) is 47.3. The third-order valence-electron chi connectivity index (χ3n) is 10.4. The first kappa shape index (κ1) is 20.2. The van der Waals surface area contributed by atoms with E-state index in [1.807, 2.05) is 0 Å². The fraction of sp³-hybridized carbons (Fsp3) is 0.920. The summed E-state index contributed by atoms with van der Waals surface area (Å²) >= 11 is 0. The van der Waals surface area contributed by atoms with Crippen LogP contribution in [0.2, 0.25) is 0 Å². The molecule has 5 aliphatic rings. The second-order valence-electron chi connectivity index (χ2n) is 11.4. The first-order valence-electron chi connectivity index (χ1n) is 12.4. The predicted octanol–water partition coefficient (Wildman–Crippen LogP) is 3.76. The maximum Gasteiger partial charge on any atom is 0.142 e. The molecule has 4 heteroatoms. The van der Waals surface area contributed by atoms with E-state index in [0.717, 1.165) is 57.5 Å². The summed E-state index contributed by atoms with van der Waals surface area (Å²) in [7, 11) is 0. The van der Waals surface area contributed by atoms with Crippen LogP contribution in [0.5, 0.6) is 0 Å². The Morgan fingerprint density at radius 2 is 1.86 bits per heavy atom. The van der Waals surface area contributed by atoms with E-state index in [9.17, 15) is 14.7 Å². The molecule has 0 spiro atoms. The third kappa shape index (κ3) is 2.91. The largest absolute Gasteiger partial charge is 0.396 e. The minimum absolute atomic E-state index is 0.00462. The fourth-order valence-electron chi connectivity index (χ4n) is 8.75. The van der Waals surface area contributed by atoms with Gasteiger partial charge in [0.05, 0.1) is 6.61 Å². The number of fused-ring (bicyclic) bond motifs is 5. The van der Waals surface area contributed by atoms with Crippen LogP contribution in [0.3, 0.4) is 0 Å². The molecular weight excluding hydrogens is 362 g/mol. The molecule has 1 aliphatic heterocycles. The zero-order chi connectivity index (χ0) is 20.2. The van der Waals surface area contributed by atoms with Crippen LogP contribution in [0, 0.1) is 46.3 Å². The van der Waals surface area contributed by atoms with Gasteiger partial charge in [0.2, 0.25) is 0 Å². The Hall–Kier alpha value is -0.740. The molecule has 162 valence electrons. The third-order valence-corrected chi connectivity index (χ3v) is 10.4. The van der Waals surface area contributed by atoms with Gasteiger partial charge in [-0.1, -0.05) is 26.2 Å². The average Bonchev–Trinajstić information content (AvgIpc) is 3.01. The zero-order valence-corrected chi connectivity index (χ0v) is 18.1. The summed E-state index contributed by atoms with van der Waals surface area (Å²) in [6, 6.07) is 0. The first-order valence-corrected chi connectivity index (χ1v) is 12.4. The van der Waals surface area contributed by atoms with Crippen molar-refractivity contribution in [2.45, 2.75) is 77.6 Å². The van der Waals surface area contributed by atoms with E-state index >= 15 is 0 Å². The van der Waals surface area contributed by atoms with E-state index < -0.39 is 0 Å². The molecule has 0 amide bonds. The highest BCUT2D eigenvalue weighted by molar-refractivity contribution is 5.91. The van der Waals surface area contributed by atoms with Crippen LogP contribution in [-0.4, -0.2) is 36.4 Å². The van der Waals surface area contributed by atoms with Crippen LogP contribution in [0.15, 0.2) is 0 Å². The van der Waals surface area contributed by atoms with E-state index in [4.69, 9.17) is 0 Å². The van der Waals surface area contributed by atoms with Gasteiger partial charge in [-0.15, -0.1) is 0 Å². The number of aliphatic hydroxyl groups excluding tert-OH is 1. The highest BCUT2D eigenvalue weighted by Crippen LogP contribution is 2.66. The van der Waals surface area contributed by atoms with Gasteiger partial charge in [-0.3, -0.25) is 9.59 Å². The van der Waals surface area contributed by atoms with Crippen molar-refractivity contribution in [3.05, 3.63) is 0 Å². The van der Waals surface area contributed by atoms with Crippen LogP contribution >= 0.6 is 0 Å². The van der Waals surface area contributed by atoms with E-state index in [2.05, 4.69) is 12.2 Å². The summed E-state index contributed by atoms with van der Waals surface area (Å²) < 4.78 is 0. The lowest BCUT2D eigenvalue weighted by molar-refractivity contribution is -0.171. The SMILES string of the molecule is C[C@]12CCCCC1[C@@H](CO)C(=O)[C@H]1[C@@H]3CCC(=O)[C@@]3(CCCC3CNC3)CC[C@@H]12. The molecule has 4 saturated carbocycles. The molecule has 7 atom stereocenters. The molecule has 4 nitrogen and oxygen atoms in total. The fourth-order valence-corrected chi connectivity index (χ4v) is 8.75. The highest BCUT2D eigenvalue weighted by Gasteiger charge is 2.65. The van der Waals surface area contributed by atoms with Gasteiger partial charge in [-0.05, 0) is 87.1 Å². The Morgan fingerprint density at radius 1 is 1.03 bits per heavy atom. The molecule has 1 unspecified atom stereocenters. The van der Waals surface area contributed by atoms with Crippen molar-refractivity contribution >= 4 is 11.6 Å². The smallest absolute Gasteiger partial charge is 0.142 e. The van der Waals surface area contributed by atoms with Crippen LogP contribution in [0.1, 0.15) is 77.6 Å². The van der Waals surface area contributed by atoms with E-state index in [-0.39, 0.29) is 35.2 Å². The second-order valence-corrected chi connectivity index (χ2v) is 11.4. The summed E-state index contributed by atoms with van der Waals surface area (Å²) in [5, 5.41) is 13.6. The molecule has 0 aromatic rings. The van der Waals surface area contributed by atoms with Crippen molar-refractivity contribution in [2.24, 2.45) is 46.3 Å². The number of nitrogens with one attached hydrogen (secondary N) is 1. The Labute approximate surface area is 175 Å². The number of hydrogen-bond acceptors (Lipinski definition) is 4. The van der Waals surface area contributed by atoms with Crippen molar-refractivity contribution in [1.29, 1.82) is 0 Å². The first-order chi connectivity index (χ1) is 14.0. The summed E-state index contributed by atoms with van der Waals surface area (Å²) in [6.45, 7) is 4.69. The van der Waals surface area contributed by atoms with Gasteiger partial charge in [0.15, 0.2) is 0 Å². The number of ketones is 2. The molecule has 1 saturated heterocycles. The molecule has 0 bridgehead atoms. The molecule has 1 heterocycles. The van der Waals surface area contributed by atoms with Crippen LogP contribution in [0.4, 0.5) is 0 Å². The second kappa shape index (κ2) is 7.44. The van der Waals surface area contributed by atoms with Crippen molar-refractivity contribution in [1.82, 2.24) is 5.32 Å². The predicted molar refractivity (Wildman–Crippen MR) is 112 cm³/mol. The zero-order valence-electron chi connectivity index (χ0n) is 18.1. The van der Waals surface area contributed by atoms with Gasteiger partial charge in [0, 0.05) is 23.7 Å². The minimum Gasteiger partial charge on any atom is -0.396 e. The van der Waals surface area contributed by atoms with Gasteiger partial charge in [-0.25, -0.2) is 0 Å². The lowest BCUT2D eigenvalue weighted by Gasteiger charge is -2.61.